The lowest BCUT2D eigenvalue weighted by atomic mass is 10.0. The van der Waals surface area contributed by atoms with Crippen molar-refractivity contribution in [3.05, 3.63) is 54.3 Å². The van der Waals surface area contributed by atoms with Gasteiger partial charge in [0.15, 0.2) is 5.82 Å². The number of aromatic nitrogens is 5. The molecule has 5 aromatic rings. The molecule has 8 nitrogen and oxygen atoms in total. The molecule has 1 saturated heterocycles. The number of hydrogen-bond acceptors (Lipinski definition) is 8. The number of nitrogens with zero attached hydrogens (tertiary/aromatic N) is 4. The summed E-state index contributed by atoms with van der Waals surface area (Å²) in [5, 5.41) is 10.7. The van der Waals surface area contributed by atoms with Gasteiger partial charge in [-0.15, -0.1) is 11.3 Å². The number of halogens is 1. The molecule has 166 valence electrons. The molecule has 0 amide bonds. The zero-order valence-corrected chi connectivity index (χ0v) is 18.4. The summed E-state index contributed by atoms with van der Waals surface area (Å²) in [6.07, 6.45) is 4.95. The first-order chi connectivity index (χ1) is 16.2. The molecule has 4 heterocycles. The highest BCUT2D eigenvalue weighted by molar-refractivity contribution is 7.16. The molecule has 0 aliphatic carbocycles. The van der Waals surface area contributed by atoms with E-state index >= 15 is 4.39 Å². The van der Waals surface area contributed by atoms with Crippen LogP contribution in [0.15, 0.2) is 48.5 Å². The van der Waals surface area contributed by atoms with Gasteiger partial charge in [0.2, 0.25) is 0 Å². The van der Waals surface area contributed by atoms with E-state index in [4.69, 9.17) is 9.47 Å². The third-order valence-electron chi connectivity index (χ3n) is 5.87. The zero-order chi connectivity index (χ0) is 22.4. The summed E-state index contributed by atoms with van der Waals surface area (Å²) in [5.74, 6) is 1.03. The van der Waals surface area contributed by atoms with E-state index in [2.05, 4.69) is 30.5 Å². The van der Waals surface area contributed by atoms with E-state index in [0.29, 0.717) is 57.5 Å². The molecule has 6 rings (SSSR count). The average Bonchev–Trinajstić information content (AvgIpc) is 3.47. The highest BCUT2D eigenvalue weighted by Crippen LogP contribution is 2.38. The topological polar surface area (TPSA) is 97.8 Å². The lowest BCUT2D eigenvalue weighted by Gasteiger charge is -2.32. The molecule has 0 bridgehead atoms. The first-order valence-corrected chi connectivity index (χ1v) is 11.4. The van der Waals surface area contributed by atoms with Crippen LogP contribution in [0.5, 0.6) is 5.75 Å². The molecule has 1 aliphatic heterocycles. The van der Waals surface area contributed by atoms with Crippen molar-refractivity contribution in [3.8, 4) is 16.9 Å². The van der Waals surface area contributed by atoms with Gasteiger partial charge in [0.1, 0.15) is 24.0 Å². The van der Waals surface area contributed by atoms with Crippen molar-refractivity contribution < 1.29 is 13.9 Å². The van der Waals surface area contributed by atoms with E-state index in [1.165, 1.54) is 17.7 Å². The smallest absolute Gasteiger partial charge is 0.166 e. The van der Waals surface area contributed by atoms with Crippen LogP contribution in [0.25, 0.3) is 32.2 Å². The first kappa shape index (κ1) is 20.0. The fraction of sp³-hybridized carbons (Fsp3) is 0.217. The molecule has 1 aliphatic rings. The van der Waals surface area contributed by atoms with Gasteiger partial charge < -0.3 is 14.8 Å². The highest BCUT2D eigenvalue weighted by atomic mass is 32.1. The monoisotopic (exact) mass is 462 g/mol. The predicted molar refractivity (Wildman–Crippen MR) is 124 cm³/mol. The Bertz CT molecular complexity index is 1450. The Hall–Kier alpha value is -3.63. The largest absolute Gasteiger partial charge is 0.489 e. The summed E-state index contributed by atoms with van der Waals surface area (Å²) in [5.41, 5.74) is 5.07. The minimum Gasteiger partial charge on any atom is -0.489 e. The second-order valence-corrected chi connectivity index (χ2v) is 8.81. The molecule has 33 heavy (non-hydrogen) atoms. The third kappa shape index (κ3) is 3.57. The van der Waals surface area contributed by atoms with Crippen LogP contribution in [0.1, 0.15) is 6.92 Å². The molecule has 0 spiro atoms. The molecule has 0 radical (unpaired) electrons. The number of hydrogen-bond donors (Lipinski definition) is 2. The number of fused-ring (bicyclic) bond motifs is 2. The Kier molecular flexibility index (Phi) is 4.88. The lowest BCUT2D eigenvalue weighted by Crippen LogP contribution is -2.39. The van der Waals surface area contributed by atoms with Crippen LogP contribution in [0.4, 0.5) is 15.9 Å². The van der Waals surface area contributed by atoms with Gasteiger partial charge in [-0.1, -0.05) is 0 Å². The van der Waals surface area contributed by atoms with Crippen molar-refractivity contribution in [2.24, 2.45) is 5.92 Å². The molecule has 1 atom stereocenters. The van der Waals surface area contributed by atoms with Crippen molar-refractivity contribution in [3.63, 3.8) is 0 Å². The Balaban J connectivity index is 1.47. The van der Waals surface area contributed by atoms with E-state index in [0.717, 1.165) is 11.1 Å². The number of rotatable bonds is 6. The van der Waals surface area contributed by atoms with Crippen molar-refractivity contribution in [1.82, 2.24) is 25.1 Å². The molecule has 3 aromatic heterocycles. The van der Waals surface area contributed by atoms with Gasteiger partial charge in [0.25, 0.3) is 0 Å². The maximum absolute atomic E-state index is 15.1. The molecule has 1 fully saturated rings. The number of nitrogens with one attached hydrogen (secondary N) is 2. The van der Waals surface area contributed by atoms with Crippen LogP contribution in [-0.2, 0) is 4.74 Å². The number of thiazole rings is 1. The predicted octanol–water partition coefficient (Wildman–Crippen LogP) is 4.93. The number of ether oxygens (including phenoxy) is 2. The normalized spacial score (nSPS) is 15.0. The second-order valence-electron chi connectivity index (χ2n) is 7.95. The fourth-order valence-electron chi connectivity index (χ4n) is 3.86. The van der Waals surface area contributed by atoms with Crippen molar-refractivity contribution in [2.75, 3.05) is 18.5 Å². The van der Waals surface area contributed by atoms with Crippen molar-refractivity contribution >= 4 is 44.0 Å². The summed E-state index contributed by atoms with van der Waals surface area (Å²) in [6.45, 7) is 3.36. The van der Waals surface area contributed by atoms with Gasteiger partial charge >= 0.3 is 0 Å². The molecular weight excluding hydrogens is 443 g/mol. The molecule has 2 N–H and O–H groups in total. The van der Waals surface area contributed by atoms with Gasteiger partial charge in [-0.05, 0) is 36.8 Å². The van der Waals surface area contributed by atoms with E-state index in [9.17, 15) is 0 Å². The quantitative estimate of drug-likeness (QED) is 0.369. The molecule has 10 heteroatoms. The number of aromatic amines is 1. The van der Waals surface area contributed by atoms with Crippen LogP contribution in [0.2, 0.25) is 0 Å². The lowest BCUT2D eigenvalue weighted by molar-refractivity contribution is -0.0773. The highest BCUT2D eigenvalue weighted by Gasteiger charge is 2.28. The van der Waals surface area contributed by atoms with Crippen LogP contribution >= 0.6 is 11.3 Å². The van der Waals surface area contributed by atoms with Gasteiger partial charge in [-0.25, -0.2) is 19.3 Å². The number of benzene rings is 2. The third-order valence-corrected chi connectivity index (χ3v) is 6.70. The van der Waals surface area contributed by atoms with Crippen molar-refractivity contribution in [1.29, 1.82) is 0 Å². The summed E-state index contributed by atoms with van der Waals surface area (Å²) in [7, 11) is 0. The summed E-state index contributed by atoms with van der Waals surface area (Å²) >= 11 is 1.26. The summed E-state index contributed by atoms with van der Waals surface area (Å²) < 4.78 is 27.4. The van der Waals surface area contributed by atoms with E-state index in [1.54, 1.807) is 23.8 Å². The van der Waals surface area contributed by atoms with Gasteiger partial charge in [-0.3, -0.25) is 5.10 Å². The van der Waals surface area contributed by atoms with Gasteiger partial charge in [-0.2, -0.15) is 5.10 Å². The van der Waals surface area contributed by atoms with Crippen LogP contribution in [0, 0.1) is 11.7 Å². The van der Waals surface area contributed by atoms with Crippen LogP contribution in [-0.4, -0.2) is 44.5 Å². The number of H-pyrrole nitrogens is 1. The average molecular weight is 463 g/mol. The van der Waals surface area contributed by atoms with E-state index < -0.39 is 0 Å². The van der Waals surface area contributed by atoms with Gasteiger partial charge in [0.05, 0.1) is 51.7 Å². The Morgan fingerprint density at radius 3 is 2.88 bits per heavy atom. The number of anilines is 2. The minimum atomic E-state index is -0.362. The Morgan fingerprint density at radius 2 is 2.09 bits per heavy atom. The molecule has 2 aromatic carbocycles. The Morgan fingerprint density at radius 1 is 1.18 bits per heavy atom. The minimum absolute atomic E-state index is 0.0696. The standard InChI is InChI=1S/C23H19FN6O2S/c1-12(15-8-31-9-15)32-19-5-13(14-6-28-29-7-14)4-18-20(19)23(26-10-25-18)30-16-2-3-17-22(21(16)24)33-11-27-17/h2-7,10-12,15H,8-9H2,1H3,(H,28,29)(H,25,26,30)/t12-/m1/s1. The molecule has 0 saturated carbocycles. The van der Waals surface area contributed by atoms with Crippen molar-refractivity contribution in [2.45, 2.75) is 13.0 Å². The Labute approximate surface area is 191 Å². The summed E-state index contributed by atoms with van der Waals surface area (Å²) in [4.78, 5) is 13.1. The second kappa shape index (κ2) is 8.05. The van der Waals surface area contributed by atoms with E-state index in [1.807, 2.05) is 25.3 Å². The SMILES string of the molecule is C[C@@H](Oc1cc(-c2cn[nH]c2)cc2ncnc(Nc3ccc4ncsc4c3F)c12)C1COC1. The molecule has 0 unspecified atom stereocenters. The maximum Gasteiger partial charge on any atom is 0.166 e. The molecular formula is C23H19FN6O2S. The maximum atomic E-state index is 15.1. The van der Waals surface area contributed by atoms with Gasteiger partial charge in [0, 0.05) is 17.7 Å². The van der Waals surface area contributed by atoms with E-state index in [-0.39, 0.29) is 11.9 Å². The van der Waals surface area contributed by atoms with Crippen LogP contribution in [0.3, 0.4) is 0 Å². The fourth-order valence-corrected chi connectivity index (χ4v) is 4.58. The first-order valence-electron chi connectivity index (χ1n) is 10.5. The summed E-state index contributed by atoms with van der Waals surface area (Å²) in [6, 6.07) is 7.34. The van der Waals surface area contributed by atoms with Crippen LogP contribution < -0.4 is 10.1 Å². The zero-order valence-electron chi connectivity index (χ0n) is 17.6.